The van der Waals surface area contributed by atoms with E-state index in [4.69, 9.17) is 22.1 Å². The second-order valence-corrected chi connectivity index (χ2v) is 7.94. The summed E-state index contributed by atoms with van der Waals surface area (Å²) in [5.41, 5.74) is 6.35. The highest BCUT2D eigenvalue weighted by Crippen LogP contribution is 2.50. The zero-order valence-electron chi connectivity index (χ0n) is 13.7. The molecule has 134 valence electrons. The normalized spacial score (nSPS) is 31.8. The summed E-state index contributed by atoms with van der Waals surface area (Å²) in [5.74, 6) is 0.142. The lowest BCUT2D eigenvalue weighted by molar-refractivity contribution is -0.0712. The highest BCUT2D eigenvalue weighted by Gasteiger charge is 2.55. The fourth-order valence-electron chi connectivity index (χ4n) is 4.19. The molecule has 0 spiro atoms. The second-order valence-electron chi connectivity index (χ2n) is 7.58. The Hall–Kier alpha value is -1.37. The van der Waals surface area contributed by atoms with E-state index in [-0.39, 0.29) is 23.6 Å². The Balaban J connectivity index is 1.46. The van der Waals surface area contributed by atoms with Crippen molar-refractivity contribution in [1.29, 1.82) is 0 Å². The second kappa shape index (κ2) is 5.56. The molecule has 3 atom stereocenters. The number of nitrogen functional groups attached to an aromatic ring is 1. The number of benzene rings is 1. The molecular weight excluding hydrogens is 348 g/mol. The first kappa shape index (κ1) is 15.9. The molecule has 7 heteroatoms. The number of hydrogen-bond acceptors (Lipinski definition) is 4. The molecule has 25 heavy (non-hydrogen) atoms. The van der Waals surface area contributed by atoms with Gasteiger partial charge >= 0.3 is 0 Å². The van der Waals surface area contributed by atoms with Crippen molar-refractivity contribution in [3.8, 4) is 0 Å². The highest BCUT2D eigenvalue weighted by molar-refractivity contribution is 6.32. The minimum atomic E-state index is -0.760. The number of nitrogens with zero attached hydrogens (tertiary/aromatic N) is 2. The van der Waals surface area contributed by atoms with Crippen LogP contribution in [0.15, 0.2) is 17.3 Å². The molecule has 3 fully saturated rings. The monoisotopic (exact) mass is 367 g/mol. The molecule has 3 unspecified atom stereocenters. The fourth-order valence-corrected chi connectivity index (χ4v) is 4.58. The third-order valence-corrected chi connectivity index (χ3v) is 6.14. The Morgan fingerprint density at radius 1 is 1.16 bits per heavy atom. The summed E-state index contributed by atoms with van der Waals surface area (Å²) in [4.78, 5) is 0. The van der Waals surface area contributed by atoms with Gasteiger partial charge in [0.15, 0.2) is 6.23 Å². The van der Waals surface area contributed by atoms with E-state index < -0.39 is 11.6 Å². The van der Waals surface area contributed by atoms with Gasteiger partial charge in [-0.3, -0.25) is 5.01 Å². The molecule has 4 nitrogen and oxygen atoms in total. The van der Waals surface area contributed by atoms with Crippen LogP contribution in [0.4, 0.5) is 14.5 Å². The van der Waals surface area contributed by atoms with Gasteiger partial charge in [0.1, 0.15) is 22.9 Å². The average molecular weight is 368 g/mol. The third kappa shape index (κ3) is 2.62. The van der Waals surface area contributed by atoms with Gasteiger partial charge in [0.2, 0.25) is 0 Å². The summed E-state index contributed by atoms with van der Waals surface area (Å²) >= 11 is 6.62. The summed E-state index contributed by atoms with van der Waals surface area (Å²) in [6, 6.07) is 2.13. The van der Waals surface area contributed by atoms with Crippen molar-refractivity contribution in [3.63, 3.8) is 0 Å². The first-order chi connectivity index (χ1) is 12.0. The smallest absolute Gasteiger partial charge is 0.159 e. The Labute approximate surface area is 150 Å². The van der Waals surface area contributed by atoms with E-state index in [0.717, 1.165) is 31.5 Å². The minimum Gasteiger partial charge on any atom is -0.396 e. The number of hydrogen-bond donors (Lipinski definition) is 1. The first-order valence-corrected chi connectivity index (χ1v) is 9.25. The Kier molecular flexibility index (Phi) is 3.53. The van der Waals surface area contributed by atoms with Gasteiger partial charge in [-0.1, -0.05) is 24.4 Å². The fraction of sp³-hybridized carbons (Fsp3) is 0.556. The lowest BCUT2D eigenvalue weighted by atomic mass is 9.94. The molecule has 3 aliphatic heterocycles. The van der Waals surface area contributed by atoms with Gasteiger partial charge in [-0.05, 0) is 30.7 Å². The summed E-state index contributed by atoms with van der Waals surface area (Å²) in [6.45, 7) is 1.72. The number of hydrazine groups is 1. The van der Waals surface area contributed by atoms with E-state index in [1.54, 1.807) is 0 Å². The Morgan fingerprint density at radius 3 is 2.72 bits per heavy atom. The number of nitrogens with two attached hydrogens (primary N) is 1. The topological polar surface area (TPSA) is 45.0 Å². The molecule has 1 saturated carbocycles. The van der Waals surface area contributed by atoms with Crippen molar-refractivity contribution in [2.75, 3.05) is 18.8 Å². The van der Waals surface area contributed by atoms with Gasteiger partial charge in [-0.25, -0.2) is 8.78 Å². The molecule has 0 aromatic heterocycles. The van der Waals surface area contributed by atoms with E-state index in [1.165, 1.54) is 25.3 Å². The third-order valence-electron chi connectivity index (χ3n) is 5.74. The molecule has 2 saturated heterocycles. The van der Waals surface area contributed by atoms with Gasteiger partial charge in [0.25, 0.3) is 0 Å². The molecule has 0 radical (unpaired) electrons. The van der Waals surface area contributed by atoms with E-state index in [9.17, 15) is 8.78 Å². The predicted molar refractivity (Wildman–Crippen MR) is 91.1 cm³/mol. The molecule has 3 heterocycles. The van der Waals surface area contributed by atoms with Crippen molar-refractivity contribution in [3.05, 3.63) is 34.5 Å². The molecule has 1 aromatic carbocycles. The van der Waals surface area contributed by atoms with Gasteiger partial charge in [-0.2, -0.15) is 5.01 Å². The van der Waals surface area contributed by atoms with E-state index in [2.05, 4.69) is 5.01 Å². The number of epoxide rings is 1. The molecule has 0 amide bonds. The number of halogens is 3. The van der Waals surface area contributed by atoms with Crippen molar-refractivity contribution in [1.82, 2.24) is 10.0 Å². The minimum absolute atomic E-state index is 0.0869. The van der Waals surface area contributed by atoms with Crippen LogP contribution in [0.2, 0.25) is 0 Å². The zero-order valence-corrected chi connectivity index (χ0v) is 14.5. The number of anilines is 1. The summed E-state index contributed by atoms with van der Waals surface area (Å²) in [6.07, 6.45) is 4.69. The molecule has 0 bridgehead atoms. The summed E-state index contributed by atoms with van der Waals surface area (Å²) in [7, 11) is 0. The van der Waals surface area contributed by atoms with E-state index in [1.807, 2.05) is 5.01 Å². The number of ether oxygens (including phenoxy) is 1. The van der Waals surface area contributed by atoms with Crippen LogP contribution in [0, 0.1) is 23.5 Å². The molecule has 5 rings (SSSR count). The Bertz CT molecular complexity index is 767. The lowest BCUT2D eigenvalue weighted by Gasteiger charge is -2.44. The van der Waals surface area contributed by atoms with E-state index in [0.29, 0.717) is 16.6 Å². The molecule has 1 aliphatic carbocycles. The molecule has 4 aliphatic rings. The van der Waals surface area contributed by atoms with Gasteiger partial charge in [0.05, 0.1) is 5.69 Å². The summed E-state index contributed by atoms with van der Waals surface area (Å²) < 4.78 is 33.6. The van der Waals surface area contributed by atoms with Gasteiger partial charge < -0.3 is 10.5 Å². The largest absolute Gasteiger partial charge is 0.396 e. The maximum absolute atomic E-state index is 14.3. The van der Waals surface area contributed by atoms with Crippen LogP contribution in [-0.2, 0) is 4.74 Å². The predicted octanol–water partition coefficient (Wildman–Crippen LogP) is 3.53. The lowest BCUT2D eigenvalue weighted by Crippen LogP contribution is -2.53. The van der Waals surface area contributed by atoms with Gasteiger partial charge in [0, 0.05) is 30.3 Å². The van der Waals surface area contributed by atoms with Crippen LogP contribution in [0.5, 0.6) is 0 Å². The standard InChI is InChI=1S/C18H20ClF2N3O/c19-17-15(11-6-14(22)13(21)7-12(11)20)16-18(25-16)24-8-10(3-4-23(17)24)5-9-1-2-9/h6-7,9-10,16,18H,1-5,8,22H2. The van der Waals surface area contributed by atoms with Crippen molar-refractivity contribution < 1.29 is 13.5 Å². The van der Waals surface area contributed by atoms with E-state index >= 15 is 0 Å². The number of fused-ring (bicyclic) bond motifs is 3. The SMILES string of the molecule is Nc1cc(C2=C(Cl)N3CCC(CC4CC4)CN3C3OC23)c(F)cc1F. The highest BCUT2D eigenvalue weighted by atomic mass is 35.5. The molecule has 2 N–H and O–H groups in total. The van der Waals surface area contributed by atoms with Crippen LogP contribution in [-0.4, -0.2) is 35.4 Å². The average Bonchev–Trinajstić information content (AvgIpc) is 3.47. The van der Waals surface area contributed by atoms with Crippen LogP contribution in [0.25, 0.3) is 5.57 Å². The maximum atomic E-state index is 14.3. The number of rotatable bonds is 3. The molecule has 1 aromatic rings. The Morgan fingerprint density at radius 2 is 1.96 bits per heavy atom. The maximum Gasteiger partial charge on any atom is 0.159 e. The van der Waals surface area contributed by atoms with Gasteiger partial charge in [-0.15, -0.1) is 0 Å². The summed E-state index contributed by atoms with van der Waals surface area (Å²) in [5, 5.41) is 4.64. The van der Waals surface area contributed by atoms with Crippen LogP contribution < -0.4 is 5.73 Å². The quantitative estimate of drug-likeness (QED) is 0.504. The van der Waals surface area contributed by atoms with Crippen molar-refractivity contribution in [2.24, 2.45) is 11.8 Å². The van der Waals surface area contributed by atoms with Crippen LogP contribution >= 0.6 is 11.6 Å². The zero-order chi connectivity index (χ0) is 17.3. The van der Waals surface area contributed by atoms with Crippen molar-refractivity contribution >= 4 is 22.9 Å². The van der Waals surface area contributed by atoms with Crippen LogP contribution in [0.1, 0.15) is 31.2 Å². The molecular formula is C18H20ClF2N3O. The van der Waals surface area contributed by atoms with Crippen molar-refractivity contribution in [2.45, 2.75) is 38.0 Å². The first-order valence-electron chi connectivity index (χ1n) is 8.87. The van der Waals surface area contributed by atoms with Crippen LogP contribution in [0.3, 0.4) is 0 Å².